The Morgan fingerprint density at radius 3 is 2.80 bits per heavy atom. The zero-order valence-electron chi connectivity index (χ0n) is 7.50. The molecule has 0 spiro atoms. The van der Waals surface area contributed by atoms with E-state index >= 15 is 0 Å². The molecule has 1 aromatic heterocycles. The van der Waals surface area contributed by atoms with Crippen LogP contribution in [0.4, 0.5) is 4.39 Å². The summed E-state index contributed by atoms with van der Waals surface area (Å²) < 4.78 is 13.3. The Morgan fingerprint density at radius 2 is 2.13 bits per heavy atom. The lowest BCUT2D eigenvalue weighted by Crippen LogP contribution is -1.87. The zero-order valence-corrected chi connectivity index (χ0v) is 9.07. The van der Waals surface area contributed by atoms with Crippen LogP contribution in [0.2, 0.25) is 5.02 Å². The summed E-state index contributed by atoms with van der Waals surface area (Å²) in [6, 6.07) is 5.87. The molecular formula is C10H6ClFN2S. The SMILES string of the molecule is Fc1ccc(-c2cc(=S)nc[nH]2)c(Cl)c1. The monoisotopic (exact) mass is 240 g/mol. The van der Waals surface area contributed by atoms with Gasteiger partial charge in [0.15, 0.2) is 0 Å². The summed E-state index contributed by atoms with van der Waals surface area (Å²) in [4.78, 5) is 6.76. The number of rotatable bonds is 1. The van der Waals surface area contributed by atoms with Crippen LogP contribution < -0.4 is 0 Å². The Hall–Kier alpha value is -1.26. The van der Waals surface area contributed by atoms with Crippen molar-refractivity contribution in [3.8, 4) is 11.3 Å². The third-order valence-electron chi connectivity index (χ3n) is 1.90. The summed E-state index contributed by atoms with van der Waals surface area (Å²) in [5, 5.41) is 0.340. The molecule has 1 aromatic carbocycles. The molecule has 1 N–H and O–H groups in total. The summed E-state index contributed by atoms with van der Waals surface area (Å²) in [5.41, 5.74) is 1.42. The fourth-order valence-corrected chi connectivity index (χ4v) is 1.67. The lowest BCUT2D eigenvalue weighted by atomic mass is 10.1. The van der Waals surface area contributed by atoms with E-state index in [1.54, 1.807) is 12.1 Å². The smallest absolute Gasteiger partial charge is 0.130 e. The predicted octanol–water partition coefficient (Wildman–Crippen LogP) is 3.60. The van der Waals surface area contributed by atoms with Crippen LogP contribution in [-0.2, 0) is 0 Å². The third kappa shape index (κ3) is 2.22. The number of halogens is 2. The molecule has 0 aliphatic heterocycles. The standard InChI is InChI=1S/C10H6ClFN2S/c11-8-3-6(12)1-2-7(8)9-4-10(15)14-5-13-9/h1-5H,(H,13,14,15). The van der Waals surface area contributed by atoms with Crippen molar-refractivity contribution in [2.75, 3.05) is 0 Å². The number of nitrogens with zero attached hydrogens (tertiary/aromatic N) is 1. The highest BCUT2D eigenvalue weighted by atomic mass is 35.5. The average Bonchev–Trinajstić information content (AvgIpc) is 2.17. The van der Waals surface area contributed by atoms with Crippen LogP contribution >= 0.6 is 23.8 Å². The molecule has 0 radical (unpaired) electrons. The number of nitrogens with one attached hydrogen (secondary N) is 1. The van der Waals surface area contributed by atoms with Gasteiger partial charge in [0.25, 0.3) is 0 Å². The molecule has 0 bridgehead atoms. The first kappa shape index (κ1) is 10.3. The van der Waals surface area contributed by atoms with Crippen LogP contribution in [-0.4, -0.2) is 9.97 Å². The van der Waals surface area contributed by atoms with Crippen LogP contribution in [0.1, 0.15) is 0 Å². The highest BCUT2D eigenvalue weighted by Crippen LogP contribution is 2.26. The molecule has 1 heterocycles. The quantitative estimate of drug-likeness (QED) is 0.772. The molecule has 0 fully saturated rings. The number of aromatic nitrogens is 2. The van der Waals surface area contributed by atoms with Crippen LogP contribution in [0.3, 0.4) is 0 Å². The topological polar surface area (TPSA) is 28.7 Å². The van der Waals surface area contributed by atoms with Crippen LogP contribution in [0.25, 0.3) is 11.3 Å². The van der Waals surface area contributed by atoms with Crippen molar-refractivity contribution in [1.82, 2.24) is 9.97 Å². The van der Waals surface area contributed by atoms with Crippen molar-refractivity contribution < 1.29 is 4.39 Å². The Labute approximate surface area is 95.8 Å². The minimum Gasteiger partial charge on any atom is -0.346 e. The minimum absolute atomic E-state index is 0.340. The van der Waals surface area contributed by atoms with E-state index in [-0.39, 0.29) is 5.82 Å². The van der Waals surface area contributed by atoms with E-state index in [2.05, 4.69) is 9.97 Å². The highest BCUT2D eigenvalue weighted by molar-refractivity contribution is 7.71. The zero-order chi connectivity index (χ0) is 10.8. The first-order valence-electron chi connectivity index (χ1n) is 4.17. The molecule has 5 heteroatoms. The Bertz CT molecular complexity index is 553. The number of aromatic amines is 1. The second-order valence-corrected chi connectivity index (χ2v) is 3.75. The van der Waals surface area contributed by atoms with E-state index in [4.69, 9.17) is 23.8 Å². The molecule has 15 heavy (non-hydrogen) atoms. The van der Waals surface area contributed by atoms with Gasteiger partial charge in [-0.15, -0.1) is 0 Å². The summed E-state index contributed by atoms with van der Waals surface area (Å²) in [7, 11) is 0. The lowest BCUT2D eigenvalue weighted by molar-refractivity contribution is 0.628. The molecular weight excluding hydrogens is 235 g/mol. The van der Waals surface area contributed by atoms with Crippen LogP contribution in [0, 0.1) is 10.5 Å². The molecule has 2 nitrogen and oxygen atoms in total. The molecule has 0 saturated carbocycles. The molecule has 0 amide bonds. The predicted molar refractivity (Wildman–Crippen MR) is 59.8 cm³/mol. The molecule has 0 atom stereocenters. The molecule has 2 rings (SSSR count). The van der Waals surface area contributed by atoms with Crippen molar-refractivity contribution in [2.24, 2.45) is 0 Å². The van der Waals surface area contributed by atoms with Crippen molar-refractivity contribution in [3.63, 3.8) is 0 Å². The summed E-state index contributed by atoms with van der Waals surface area (Å²) in [6.45, 7) is 0. The van der Waals surface area contributed by atoms with Gasteiger partial charge in [0.1, 0.15) is 10.5 Å². The minimum atomic E-state index is -0.364. The summed E-state index contributed by atoms with van der Waals surface area (Å²) in [6.07, 6.45) is 1.48. The first-order valence-corrected chi connectivity index (χ1v) is 4.95. The molecule has 0 unspecified atom stereocenters. The molecule has 2 aromatic rings. The maximum absolute atomic E-state index is 12.8. The largest absolute Gasteiger partial charge is 0.346 e. The van der Waals surface area contributed by atoms with E-state index in [9.17, 15) is 4.39 Å². The number of hydrogen-bond acceptors (Lipinski definition) is 2. The van der Waals surface area contributed by atoms with E-state index < -0.39 is 0 Å². The van der Waals surface area contributed by atoms with Gasteiger partial charge in [-0.05, 0) is 24.3 Å². The Balaban J connectivity index is 2.59. The van der Waals surface area contributed by atoms with E-state index in [0.717, 1.165) is 5.69 Å². The summed E-state index contributed by atoms with van der Waals surface area (Å²) >= 11 is 10.8. The van der Waals surface area contributed by atoms with Gasteiger partial charge in [0.05, 0.1) is 17.0 Å². The third-order valence-corrected chi connectivity index (χ3v) is 2.44. The van der Waals surface area contributed by atoms with E-state index in [1.807, 2.05) is 0 Å². The Morgan fingerprint density at radius 1 is 1.33 bits per heavy atom. The highest BCUT2D eigenvalue weighted by Gasteiger charge is 2.04. The fourth-order valence-electron chi connectivity index (χ4n) is 1.23. The number of benzene rings is 1. The van der Waals surface area contributed by atoms with Crippen LogP contribution in [0.15, 0.2) is 30.6 Å². The van der Waals surface area contributed by atoms with Crippen molar-refractivity contribution in [3.05, 3.63) is 46.1 Å². The van der Waals surface area contributed by atoms with Gasteiger partial charge >= 0.3 is 0 Å². The maximum atomic E-state index is 12.8. The van der Waals surface area contributed by atoms with Crippen molar-refractivity contribution in [1.29, 1.82) is 0 Å². The van der Waals surface area contributed by atoms with Crippen LogP contribution in [0.5, 0.6) is 0 Å². The lowest BCUT2D eigenvalue weighted by Gasteiger charge is -2.03. The summed E-state index contributed by atoms with van der Waals surface area (Å²) in [5.74, 6) is -0.364. The average molecular weight is 241 g/mol. The van der Waals surface area contributed by atoms with Gasteiger partial charge in [-0.3, -0.25) is 0 Å². The van der Waals surface area contributed by atoms with Gasteiger partial charge in [-0.2, -0.15) is 0 Å². The van der Waals surface area contributed by atoms with Crippen molar-refractivity contribution in [2.45, 2.75) is 0 Å². The number of hydrogen-bond donors (Lipinski definition) is 1. The fraction of sp³-hybridized carbons (Fsp3) is 0. The maximum Gasteiger partial charge on any atom is 0.130 e. The molecule has 0 saturated heterocycles. The van der Waals surface area contributed by atoms with Gasteiger partial charge < -0.3 is 4.98 Å². The molecule has 0 aliphatic carbocycles. The van der Waals surface area contributed by atoms with Gasteiger partial charge in [0, 0.05) is 5.56 Å². The van der Waals surface area contributed by atoms with Crippen molar-refractivity contribution >= 4 is 23.8 Å². The normalized spacial score (nSPS) is 10.3. The second-order valence-electron chi connectivity index (χ2n) is 2.92. The van der Waals surface area contributed by atoms with Gasteiger partial charge in [0.2, 0.25) is 0 Å². The Kier molecular flexibility index (Phi) is 2.79. The molecule has 76 valence electrons. The number of H-pyrrole nitrogens is 1. The molecule has 0 aliphatic rings. The van der Waals surface area contributed by atoms with E-state index in [0.29, 0.717) is 15.2 Å². The second kappa shape index (κ2) is 4.08. The van der Waals surface area contributed by atoms with Gasteiger partial charge in [-0.1, -0.05) is 23.8 Å². The van der Waals surface area contributed by atoms with E-state index in [1.165, 1.54) is 18.5 Å². The first-order chi connectivity index (χ1) is 7.16. The van der Waals surface area contributed by atoms with Gasteiger partial charge in [-0.25, -0.2) is 9.37 Å².